The van der Waals surface area contributed by atoms with Crippen LogP contribution >= 0.6 is 0 Å². The Balaban J connectivity index is 1.82. The van der Waals surface area contributed by atoms with Gasteiger partial charge in [0, 0.05) is 24.7 Å². The molecule has 45 heavy (non-hydrogen) atoms. The minimum absolute atomic E-state index is 0.00478. The zero-order valence-corrected chi connectivity index (χ0v) is 25.9. The lowest BCUT2D eigenvalue weighted by Crippen LogP contribution is -2.57. The van der Waals surface area contributed by atoms with E-state index in [1.165, 1.54) is 13.0 Å². The molecule has 0 aliphatic carbocycles. The number of nitrogens with one attached hydrogen (secondary N) is 4. The van der Waals surface area contributed by atoms with E-state index in [4.69, 9.17) is 4.52 Å². The Kier molecular flexibility index (Phi) is 12.1. The van der Waals surface area contributed by atoms with Crippen molar-refractivity contribution >= 4 is 29.3 Å². The second-order valence-corrected chi connectivity index (χ2v) is 11.1. The van der Waals surface area contributed by atoms with Gasteiger partial charge in [-0.1, -0.05) is 67.0 Å². The van der Waals surface area contributed by atoms with E-state index in [-0.39, 0.29) is 30.2 Å². The maximum Gasteiger partial charge on any atom is 0.274 e. The van der Waals surface area contributed by atoms with Gasteiger partial charge in [-0.05, 0) is 49.9 Å². The summed E-state index contributed by atoms with van der Waals surface area (Å²) in [6.07, 6.45) is 0.250. The van der Waals surface area contributed by atoms with Crippen LogP contribution in [0.15, 0.2) is 70.8 Å². The van der Waals surface area contributed by atoms with E-state index in [1.54, 1.807) is 37.3 Å². The molecule has 0 fully saturated rings. The monoisotopic (exact) mass is 614 g/mol. The third-order valence-electron chi connectivity index (χ3n) is 6.62. The molecule has 4 amide bonds. The van der Waals surface area contributed by atoms with E-state index in [0.717, 1.165) is 11.1 Å². The normalized spacial score (nSPS) is 13.2. The van der Waals surface area contributed by atoms with Gasteiger partial charge in [0.2, 0.25) is 11.8 Å². The molecule has 12 heteroatoms. The fourth-order valence-electron chi connectivity index (χ4n) is 4.29. The molecule has 0 saturated carbocycles. The van der Waals surface area contributed by atoms with Crippen LogP contribution in [0.2, 0.25) is 0 Å². The molecule has 3 rings (SSSR count). The number of allylic oxidation sites excluding steroid dienone is 1. The number of hydrogen-bond donors (Lipinski definition) is 5. The third-order valence-corrected chi connectivity index (χ3v) is 6.62. The van der Waals surface area contributed by atoms with Gasteiger partial charge in [-0.3, -0.25) is 19.2 Å². The van der Waals surface area contributed by atoms with Crippen LogP contribution < -0.4 is 21.3 Å². The number of nitriles is 1. The molecule has 0 spiro atoms. The molecule has 5 N–H and O–H groups in total. The minimum Gasteiger partial charge on any atom is -0.391 e. The zero-order chi connectivity index (χ0) is 33.1. The van der Waals surface area contributed by atoms with Crippen LogP contribution in [0.25, 0.3) is 0 Å². The fraction of sp³-hybridized carbons (Fsp3) is 0.333. The highest BCUT2D eigenvalue weighted by atomic mass is 16.5. The van der Waals surface area contributed by atoms with E-state index in [1.807, 2.05) is 51.1 Å². The van der Waals surface area contributed by atoms with Gasteiger partial charge < -0.3 is 30.9 Å². The smallest absolute Gasteiger partial charge is 0.274 e. The SMILES string of the molecule is Cc1ccc(CNC(=O)C(Cc2cccc(NC(=O)C(C#N)=CC(C)C)c2)NC(=O)[C@@H](NC(=O)c2cc(C)on2)[C@@H](C)O)cc1. The van der Waals surface area contributed by atoms with Crippen molar-refractivity contribution in [3.05, 3.63) is 94.4 Å². The number of benzene rings is 2. The average Bonchev–Trinajstić information content (AvgIpc) is 3.43. The number of hydrogen-bond acceptors (Lipinski definition) is 8. The van der Waals surface area contributed by atoms with E-state index in [2.05, 4.69) is 26.4 Å². The summed E-state index contributed by atoms with van der Waals surface area (Å²) in [5, 5.41) is 34.0. The predicted molar refractivity (Wildman–Crippen MR) is 166 cm³/mol. The highest BCUT2D eigenvalue weighted by molar-refractivity contribution is 6.06. The van der Waals surface area contributed by atoms with Gasteiger partial charge in [-0.25, -0.2) is 0 Å². The first-order valence-electron chi connectivity index (χ1n) is 14.4. The van der Waals surface area contributed by atoms with E-state index < -0.39 is 41.8 Å². The Morgan fingerprint density at radius 2 is 1.69 bits per heavy atom. The standard InChI is InChI=1S/C33H38N6O6/c1-19(2)13-25(17-34)30(41)36-26-8-6-7-24(15-26)16-27(31(42)35-18-23-11-9-20(3)10-12-23)37-33(44)29(22(5)40)38-32(43)28-14-21(4)45-39-28/h6-15,19,22,27,29,40H,16,18H2,1-5H3,(H,35,42)(H,36,41)(H,37,44)(H,38,43)/t22-,27?,29+/m1/s1. The number of aryl methyl sites for hydroxylation is 2. The summed E-state index contributed by atoms with van der Waals surface area (Å²) in [6, 6.07) is 15.0. The Labute approximate surface area is 261 Å². The summed E-state index contributed by atoms with van der Waals surface area (Å²) in [6.45, 7) is 8.79. The van der Waals surface area contributed by atoms with Crippen LogP contribution in [0.5, 0.6) is 0 Å². The molecule has 3 atom stereocenters. The van der Waals surface area contributed by atoms with Crippen LogP contribution in [0.1, 0.15) is 53.7 Å². The number of nitrogens with zero attached hydrogens (tertiary/aromatic N) is 2. The average molecular weight is 615 g/mol. The number of aromatic nitrogens is 1. The molecule has 0 bridgehead atoms. The highest BCUT2D eigenvalue weighted by Gasteiger charge is 2.31. The molecule has 12 nitrogen and oxygen atoms in total. The minimum atomic E-state index is -1.41. The van der Waals surface area contributed by atoms with Crippen molar-refractivity contribution in [3.63, 3.8) is 0 Å². The second-order valence-electron chi connectivity index (χ2n) is 11.1. The first-order valence-corrected chi connectivity index (χ1v) is 14.4. The maximum absolute atomic E-state index is 13.4. The van der Waals surface area contributed by atoms with Crippen LogP contribution in [0, 0.1) is 31.1 Å². The maximum atomic E-state index is 13.4. The lowest BCUT2D eigenvalue weighted by atomic mass is 10.0. The number of aliphatic hydroxyl groups excluding tert-OH is 1. The Morgan fingerprint density at radius 1 is 0.978 bits per heavy atom. The van der Waals surface area contributed by atoms with Crippen molar-refractivity contribution in [1.29, 1.82) is 5.26 Å². The summed E-state index contributed by atoms with van der Waals surface area (Å²) in [5.41, 5.74) is 2.80. The van der Waals surface area contributed by atoms with Crippen molar-refractivity contribution in [3.8, 4) is 6.07 Å². The van der Waals surface area contributed by atoms with Gasteiger partial charge in [0.1, 0.15) is 29.5 Å². The topological polar surface area (TPSA) is 186 Å². The van der Waals surface area contributed by atoms with Gasteiger partial charge in [-0.15, -0.1) is 0 Å². The summed E-state index contributed by atoms with van der Waals surface area (Å²) in [5.74, 6) is -2.22. The van der Waals surface area contributed by atoms with Gasteiger partial charge in [0.15, 0.2) is 5.69 Å². The molecular formula is C33H38N6O6. The third kappa shape index (κ3) is 10.4. The van der Waals surface area contributed by atoms with Crippen LogP contribution in [0.3, 0.4) is 0 Å². The first kappa shape index (κ1) is 34.2. The molecule has 1 unspecified atom stereocenters. The van der Waals surface area contributed by atoms with E-state index in [0.29, 0.717) is 17.0 Å². The largest absolute Gasteiger partial charge is 0.391 e. The van der Waals surface area contributed by atoms with E-state index >= 15 is 0 Å². The predicted octanol–water partition coefficient (Wildman–Crippen LogP) is 2.86. The Bertz CT molecular complexity index is 1590. The lowest BCUT2D eigenvalue weighted by Gasteiger charge is -2.24. The molecule has 3 aromatic rings. The molecule has 0 radical (unpaired) electrons. The molecule has 0 saturated heterocycles. The number of carbonyl (C=O) groups is 4. The number of rotatable bonds is 13. The molecule has 1 heterocycles. The zero-order valence-electron chi connectivity index (χ0n) is 25.9. The van der Waals surface area contributed by atoms with Crippen molar-refractivity contribution < 1.29 is 28.8 Å². The van der Waals surface area contributed by atoms with Crippen LogP contribution in [-0.4, -0.2) is 52.1 Å². The summed E-state index contributed by atoms with van der Waals surface area (Å²) < 4.78 is 4.92. The van der Waals surface area contributed by atoms with Gasteiger partial charge >= 0.3 is 0 Å². The van der Waals surface area contributed by atoms with Gasteiger partial charge in [0.25, 0.3) is 11.8 Å². The molecule has 236 valence electrons. The van der Waals surface area contributed by atoms with Crippen molar-refractivity contribution in [1.82, 2.24) is 21.1 Å². The van der Waals surface area contributed by atoms with Crippen LogP contribution in [-0.2, 0) is 27.3 Å². The van der Waals surface area contributed by atoms with Crippen LogP contribution in [0.4, 0.5) is 5.69 Å². The number of aliphatic hydroxyl groups is 1. The molecule has 1 aromatic heterocycles. The molecular weight excluding hydrogens is 576 g/mol. The van der Waals surface area contributed by atoms with Gasteiger partial charge in [-0.2, -0.15) is 5.26 Å². The Hall–Kier alpha value is -5.28. The molecule has 2 aromatic carbocycles. The Morgan fingerprint density at radius 3 is 2.29 bits per heavy atom. The number of carbonyl (C=O) groups excluding carboxylic acids is 4. The summed E-state index contributed by atoms with van der Waals surface area (Å²) in [7, 11) is 0. The first-order chi connectivity index (χ1) is 21.4. The quantitative estimate of drug-likeness (QED) is 0.144. The molecule has 0 aliphatic heterocycles. The summed E-state index contributed by atoms with van der Waals surface area (Å²) >= 11 is 0. The number of anilines is 1. The lowest BCUT2D eigenvalue weighted by molar-refractivity contribution is -0.131. The molecule has 0 aliphatic rings. The van der Waals surface area contributed by atoms with Gasteiger partial charge in [0.05, 0.1) is 6.10 Å². The van der Waals surface area contributed by atoms with Crippen molar-refractivity contribution in [2.24, 2.45) is 5.92 Å². The van der Waals surface area contributed by atoms with Crippen molar-refractivity contribution in [2.45, 2.75) is 65.8 Å². The highest BCUT2D eigenvalue weighted by Crippen LogP contribution is 2.15. The van der Waals surface area contributed by atoms with E-state index in [9.17, 15) is 29.5 Å². The van der Waals surface area contributed by atoms with Crippen molar-refractivity contribution in [2.75, 3.05) is 5.32 Å². The second kappa shape index (κ2) is 16.0. The summed E-state index contributed by atoms with van der Waals surface area (Å²) in [4.78, 5) is 52.1. The fourth-order valence-corrected chi connectivity index (χ4v) is 4.29. The number of amides is 4.